The average molecular weight is 406 g/mol. The third-order valence-electron chi connectivity index (χ3n) is 4.61. The van der Waals surface area contributed by atoms with Crippen LogP contribution in [-0.4, -0.2) is 29.3 Å². The maximum Gasteiger partial charge on any atom is 0.325 e. The first-order chi connectivity index (χ1) is 12.8. The Morgan fingerprint density at radius 2 is 2.00 bits per heavy atom. The van der Waals surface area contributed by atoms with Gasteiger partial charge in [0.05, 0.1) is 6.04 Å². The number of thiophene rings is 1. The predicted molar refractivity (Wildman–Crippen MR) is 105 cm³/mol. The van der Waals surface area contributed by atoms with E-state index in [9.17, 15) is 14.4 Å². The van der Waals surface area contributed by atoms with E-state index in [0.717, 1.165) is 15.3 Å². The van der Waals surface area contributed by atoms with Gasteiger partial charge in [-0.15, -0.1) is 11.3 Å². The summed E-state index contributed by atoms with van der Waals surface area (Å²) in [5, 5.41) is 8.03. The van der Waals surface area contributed by atoms with Gasteiger partial charge in [0, 0.05) is 9.90 Å². The van der Waals surface area contributed by atoms with E-state index < -0.39 is 23.4 Å². The molecular weight excluding hydrogens is 386 g/mol. The normalized spacial score (nSPS) is 20.5. The molecular formula is C19H20ClN3O3S. The standard InChI is InChI=1S/C19H20ClN3O3S/c1-3-14(12-6-8-13(20)9-7-12)21-16(24)11-23-17(25)19(2,22-18(23)26)15-5-4-10-27-15/h4-10,14H,3,11H2,1-2H3,(H,21,24)(H,22,26). The van der Waals surface area contributed by atoms with Gasteiger partial charge in [0.15, 0.2) is 5.54 Å². The molecule has 6 nitrogen and oxygen atoms in total. The molecule has 1 fully saturated rings. The molecule has 1 aliphatic rings. The first-order valence-corrected chi connectivity index (χ1v) is 9.84. The highest BCUT2D eigenvalue weighted by Gasteiger charge is 2.50. The van der Waals surface area contributed by atoms with Crippen molar-refractivity contribution in [3.63, 3.8) is 0 Å². The number of imide groups is 1. The summed E-state index contributed by atoms with van der Waals surface area (Å²) in [5.74, 6) is -0.819. The first kappa shape index (κ1) is 19.4. The maximum absolute atomic E-state index is 12.8. The lowest BCUT2D eigenvalue weighted by molar-refractivity contribution is -0.135. The highest BCUT2D eigenvalue weighted by atomic mass is 35.5. The number of benzene rings is 1. The Balaban J connectivity index is 1.69. The molecule has 142 valence electrons. The van der Waals surface area contributed by atoms with Crippen LogP contribution >= 0.6 is 22.9 Å². The summed E-state index contributed by atoms with van der Waals surface area (Å²) in [6, 6.07) is 10.0. The number of amides is 4. The molecule has 0 bridgehead atoms. The van der Waals surface area contributed by atoms with Crippen LogP contribution in [0.1, 0.15) is 36.8 Å². The zero-order valence-electron chi connectivity index (χ0n) is 15.0. The van der Waals surface area contributed by atoms with E-state index in [1.807, 2.05) is 30.5 Å². The lowest BCUT2D eigenvalue weighted by Gasteiger charge is -2.21. The summed E-state index contributed by atoms with van der Waals surface area (Å²) in [4.78, 5) is 39.3. The van der Waals surface area contributed by atoms with Gasteiger partial charge < -0.3 is 10.6 Å². The van der Waals surface area contributed by atoms with Crippen LogP contribution in [0.4, 0.5) is 4.79 Å². The van der Waals surface area contributed by atoms with Crippen molar-refractivity contribution in [2.45, 2.75) is 31.8 Å². The molecule has 2 N–H and O–H groups in total. The summed E-state index contributed by atoms with van der Waals surface area (Å²) in [6.07, 6.45) is 0.667. The number of hydrogen-bond donors (Lipinski definition) is 2. The fraction of sp³-hybridized carbons (Fsp3) is 0.316. The van der Waals surface area contributed by atoms with Crippen LogP contribution in [0.15, 0.2) is 41.8 Å². The van der Waals surface area contributed by atoms with Gasteiger partial charge in [0.2, 0.25) is 5.91 Å². The van der Waals surface area contributed by atoms with E-state index in [2.05, 4.69) is 10.6 Å². The SMILES string of the molecule is CCC(NC(=O)CN1C(=O)NC(C)(c2cccs2)C1=O)c1ccc(Cl)cc1. The van der Waals surface area contributed by atoms with Crippen molar-refractivity contribution in [1.29, 1.82) is 0 Å². The van der Waals surface area contributed by atoms with Crippen molar-refractivity contribution in [3.05, 3.63) is 57.2 Å². The highest BCUT2D eigenvalue weighted by molar-refractivity contribution is 7.10. The minimum Gasteiger partial charge on any atom is -0.348 e. The molecule has 0 spiro atoms. The van der Waals surface area contributed by atoms with Crippen molar-refractivity contribution in [3.8, 4) is 0 Å². The Labute approximate surface area is 166 Å². The molecule has 8 heteroatoms. The number of urea groups is 1. The summed E-state index contributed by atoms with van der Waals surface area (Å²) >= 11 is 7.29. The Hall–Kier alpha value is -2.38. The fourth-order valence-electron chi connectivity index (χ4n) is 3.07. The minimum absolute atomic E-state index is 0.223. The Morgan fingerprint density at radius 3 is 2.59 bits per heavy atom. The number of carbonyl (C=O) groups excluding carboxylic acids is 3. The van der Waals surface area contributed by atoms with Gasteiger partial charge in [0.1, 0.15) is 6.54 Å². The van der Waals surface area contributed by atoms with Crippen molar-refractivity contribution >= 4 is 40.8 Å². The van der Waals surface area contributed by atoms with Gasteiger partial charge in [-0.25, -0.2) is 4.79 Å². The van der Waals surface area contributed by atoms with Gasteiger partial charge in [-0.2, -0.15) is 0 Å². The molecule has 1 aromatic heterocycles. The van der Waals surface area contributed by atoms with E-state index in [4.69, 9.17) is 11.6 Å². The number of nitrogens with zero attached hydrogens (tertiary/aromatic N) is 1. The predicted octanol–water partition coefficient (Wildman–Crippen LogP) is 3.44. The van der Waals surface area contributed by atoms with Crippen molar-refractivity contribution in [2.75, 3.05) is 6.54 Å². The molecule has 2 unspecified atom stereocenters. The molecule has 0 aliphatic carbocycles. The minimum atomic E-state index is -1.13. The molecule has 0 saturated carbocycles. The number of hydrogen-bond acceptors (Lipinski definition) is 4. The summed E-state index contributed by atoms with van der Waals surface area (Å²) in [5.41, 5.74) is -0.220. The Morgan fingerprint density at radius 1 is 1.30 bits per heavy atom. The van der Waals surface area contributed by atoms with Crippen molar-refractivity contribution < 1.29 is 14.4 Å². The van der Waals surface area contributed by atoms with Gasteiger partial charge >= 0.3 is 6.03 Å². The van der Waals surface area contributed by atoms with E-state index >= 15 is 0 Å². The summed E-state index contributed by atoms with van der Waals surface area (Å²) < 4.78 is 0. The molecule has 0 radical (unpaired) electrons. The van der Waals surface area contributed by atoms with Crippen LogP contribution in [0, 0.1) is 0 Å². The average Bonchev–Trinajstić information content (AvgIpc) is 3.25. The fourth-order valence-corrected chi connectivity index (χ4v) is 4.03. The van der Waals surface area contributed by atoms with Crippen LogP contribution in [0.5, 0.6) is 0 Å². The summed E-state index contributed by atoms with van der Waals surface area (Å²) in [7, 11) is 0. The Kier molecular flexibility index (Phi) is 5.53. The molecule has 4 amide bonds. The second kappa shape index (κ2) is 7.70. The van der Waals surface area contributed by atoms with Crippen molar-refractivity contribution in [1.82, 2.24) is 15.5 Å². The third-order valence-corrected chi connectivity index (χ3v) is 5.95. The second-order valence-corrected chi connectivity index (χ2v) is 7.89. The molecule has 1 aliphatic heterocycles. The van der Waals surface area contributed by atoms with E-state index in [-0.39, 0.29) is 12.6 Å². The van der Waals surface area contributed by atoms with E-state index in [1.165, 1.54) is 11.3 Å². The zero-order chi connectivity index (χ0) is 19.6. The zero-order valence-corrected chi connectivity index (χ0v) is 16.6. The monoisotopic (exact) mass is 405 g/mol. The highest BCUT2D eigenvalue weighted by Crippen LogP contribution is 2.31. The van der Waals surface area contributed by atoms with Gasteiger partial charge in [0.25, 0.3) is 5.91 Å². The maximum atomic E-state index is 12.8. The van der Waals surface area contributed by atoms with Gasteiger partial charge in [-0.1, -0.05) is 36.7 Å². The molecule has 2 aromatic rings. The second-order valence-electron chi connectivity index (χ2n) is 6.50. The molecule has 1 aromatic carbocycles. The summed E-state index contributed by atoms with van der Waals surface area (Å²) in [6.45, 7) is 3.27. The number of nitrogens with one attached hydrogen (secondary N) is 2. The van der Waals surface area contributed by atoms with Crippen LogP contribution in [-0.2, 0) is 15.1 Å². The van der Waals surface area contributed by atoms with E-state index in [1.54, 1.807) is 25.1 Å². The number of carbonyl (C=O) groups is 3. The van der Waals surface area contributed by atoms with Gasteiger partial charge in [-0.05, 0) is 42.5 Å². The van der Waals surface area contributed by atoms with Crippen molar-refractivity contribution in [2.24, 2.45) is 0 Å². The van der Waals surface area contributed by atoms with Crippen LogP contribution in [0.2, 0.25) is 5.02 Å². The van der Waals surface area contributed by atoms with Crippen LogP contribution in [0.25, 0.3) is 0 Å². The lowest BCUT2D eigenvalue weighted by atomic mass is 10.0. The van der Waals surface area contributed by atoms with Crippen LogP contribution < -0.4 is 10.6 Å². The first-order valence-electron chi connectivity index (χ1n) is 8.58. The molecule has 2 atom stereocenters. The topological polar surface area (TPSA) is 78.5 Å². The number of rotatable bonds is 6. The number of halogens is 1. The van der Waals surface area contributed by atoms with E-state index in [0.29, 0.717) is 11.4 Å². The molecule has 3 rings (SSSR count). The smallest absolute Gasteiger partial charge is 0.325 e. The van der Waals surface area contributed by atoms with Crippen LogP contribution in [0.3, 0.4) is 0 Å². The Bertz CT molecular complexity index is 854. The third kappa shape index (κ3) is 3.84. The largest absolute Gasteiger partial charge is 0.348 e. The molecule has 27 heavy (non-hydrogen) atoms. The van der Waals surface area contributed by atoms with Gasteiger partial charge in [-0.3, -0.25) is 14.5 Å². The molecule has 1 saturated heterocycles. The molecule has 2 heterocycles. The quantitative estimate of drug-likeness (QED) is 0.722. The lowest BCUT2D eigenvalue weighted by Crippen LogP contribution is -2.43.